The first-order valence-corrected chi connectivity index (χ1v) is 9.64. The van der Waals surface area contributed by atoms with E-state index < -0.39 is 0 Å². The molecule has 0 aliphatic carbocycles. The fraction of sp³-hybridized carbons (Fsp3) is 0.381. The van der Waals surface area contributed by atoms with Gasteiger partial charge in [0.1, 0.15) is 5.75 Å². The SMILES string of the molecule is COc1ccccc1NC(=O)CCN1CCN(Cc2cccc(Cl)c2)CC1. The lowest BCUT2D eigenvalue weighted by atomic mass is 10.2. The summed E-state index contributed by atoms with van der Waals surface area (Å²) in [5, 5.41) is 3.72. The van der Waals surface area contributed by atoms with Crippen LogP contribution in [0.5, 0.6) is 5.75 Å². The molecule has 5 nitrogen and oxygen atoms in total. The number of carbonyl (C=O) groups is 1. The lowest BCUT2D eigenvalue weighted by Gasteiger charge is -2.34. The van der Waals surface area contributed by atoms with Crippen molar-refractivity contribution in [3.8, 4) is 5.75 Å². The van der Waals surface area contributed by atoms with Crippen molar-refractivity contribution in [2.24, 2.45) is 0 Å². The Morgan fingerprint density at radius 1 is 1.07 bits per heavy atom. The minimum atomic E-state index is 0.0147. The predicted octanol–water partition coefficient (Wildman–Crippen LogP) is 3.50. The number of carbonyl (C=O) groups excluding carboxylic acids is 1. The van der Waals surface area contributed by atoms with Crippen LogP contribution in [-0.2, 0) is 11.3 Å². The van der Waals surface area contributed by atoms with Gasteiger partial charge >= 0.3 is 0 Å². The third kappa shape index (κ3) is 5.96. The number of benzene rings is 2. The summed E-state index contributed by atoms with van der Waals surface area (Å²) in [5.74, 6) is 0.696. The highest BCUT2D eigenvalue weighted by Crippen LogP contribution is 2.23. The van der Waals surface area contributed by atoms with E-state index in [1.165, 1.54) is 5.56 Å². The first-order chi connectivity index (χ1) is 13.1. The maximum absolute atomic E-state index is 12.2. The van der Waals surface area contributed by atoms with Gasteiger partial charge in [-0.25, -0.2) is 0 Å². The summed E-state index contributed by atoms with van der Waals surface area (Å²) >= 11 is 6.06. The molecule has 1 heterocycles. The number of rotatable bonds is 7. The Morgan fingerprint density at radius 2 is 1.81 bits per heavy atom. The first-order valence-electron chi connectivity index (χ1n) is 9.26. The Bertz CT molecular complexity index is 761. The number of halogens is 1. The van der Waals surface area contributed by atoms with Crippen molar-refractivity contribution >= 4 is 23.2 Å². The molecular weight excluding hydrogens is 362 g/mol. The molecule has 1 amide bonds. The zero-order valence-electron chi connectivity index (χ0n) is 15.7. The fourth-order valence-corrected chi connectivity index (χ4v) is 3.50. The van der Waals surface area contributed by atoms with Crippen LogP contribution < -0.4 is 10.1 Å². The molecule has 3 rings (SSSR count). The summed E-state index contributed by atoms with van der Waals surface area (Å²) in [6.45, 7) is 5.64. The number of methoxy groups -OCH3 is 1. The third-order valence-electron chi connectivity index (χ3n) is 4.80. The molecule has 0 spiro atoms. The summed E-state index contributed by atoms with van der Waals surface area (Å²) in [5.41, 5.74) is 1.96. The van der Waals surface area contributed by atoms with Crippen molar-refractivity contribution in [2.45, 2.75) is 13.0 Å². The van der Waals surface area contributed by atoms with Crippen LogP contribution in [0.15, 0.2) is 48.5 Å². The maximum atomic E-state index is 12.2. The zero-order valence-corrected chi connectivity index (χ0v) is 16.4. The van der Waals surface area contributed by atoms with Gasteiger partial charge in [-0.2, -0.15) is 0 Å². The van der Waals surface area contributed by atoms with Crippen molar-refractivity contribution in [3.63, 3.8) is 0 Å². The van der Waals surface area contributed by atoms with Crippen LogP contribution in [0.2, 0.25) is 5.02 Å². The van der Waals surface area contributed by atoms with Gasteiger partial charge in [-0.15, -0.1) is 0 Å². The van der Waals surface area contributed by atoms with Gasteiger partial charge in [-0.05, 0) is 29.8 Å². The van der Waals surface area contributed by atoms with E-state index in [-0.39, 0.29) is 5.91 Å². The average Bonchev–Trinajstić information content (AvgIpc) is 2.68. The molecule has 1 fully saturated rings. The van der Waals surface area contributed by atoms with Crippen molar-refractivity contribution in [1.29, 1.82) is 0 Å². The second-order valence-electron chi connectivity index (χ2n) is 6.75. The average molecular weight is 388 g/mol. The molecule has 0 unspecified atom stereocenters. The highest BCUT2D eigenvalue weighted by atomic mass is 35.5. The number of para-hydroxylation sites is 2. The van der Waals surface area contributed by atoms with E-state index in [4.69, 9.17) is 16.3 Å². The van der Waals surface area contributed by atoms with Gasteiger partial charge in [0, 0.05) is 50.7 Å². The monoisotopic (exact) mass is 387 g/mol. The van der Waals surface area contributed by atoms with Crippen LogP contribution in [0.3, 0.4) is 0 Å². The molecule has 2 aromatic carbocycles. The molecule has 6 heteroatoms. The quantitative estimate of drug-likeness (QED) is 0.789. The van der Waals surface area contributed by atoms with Crippen LogP contribution >= 0.6 is 11.6 Å². The summed E-state index contributed by atoms with van der Waals surface area (Å²) in [4.78, 5) is 17.0. The first kappa shape index (κ1) is 19.7. The van der Waals surface area contributed by atoms with Crippen molar-refractivity contribution in [1.82, 2.24) is 9.80 Å². The zero-order chi connectivity index (χ0) is 19.1. The number of amides is 1. The molecule has 1 N–H and O–H groups in total. The number of anilines is 1. The number of nitrogens with one attached hydrogen (secondary N) is 1. The molecule has 0 saturated carbocycles. The number of ether oxygens (including phenoxy) is 1. The topological polar surface area (TPSA) is 44.8 Å². The molecule has 1 saturated heterocycles. The third-order valence-corrected chi connectivity index (χ3v) is 5.03. The van der Waals surface area contributed by atoms with E-state index in [2.05, 4.69) is 21.2 Å². The van der Waals surface area contributed by atoms with Crippen LogP contribution in [0.4, 0.5) is 5.69 Å². The molecule has 0 atom stereocenters. The summed E-state index contributed by atoms with van der Waals surface area (Å²) in [6, 6.07) is 15.5. The molecule has 27 heavy (non-hydrogen) atoms. The molecule has 1 aliphatic rings. The van der Waals surface area contributed by atoms with Gasteiger partial charge in [0.25, 0.3) is 0 Å². The number of hydrogen-bond acceptors (Lipinski definition) is 4. The lowest BCUT2D eigenvalue weighted by molar-refractivity contribution is -0.116. The molecule has 0 bridgehead atoms. The van der Waals surface area contributed by atoms with Crippen LogP contribution in [-0.4, -0.2) is 55.5 Å². The van der Waals surface area contributed by atoms with E-state index >= 15 is 0 Å². The van der Waals surface area contributed by atoms with Crippen molar-refractivity contribution < 1.29 is 9.53 Å². The van der Waals surface area contributed by atoms with Crippen molar-refractivity contribution in [3.05, 3.63) is 59.1 Å². The van der Waals surface area contributed by atoms with E-state index in [1.807, 2.05) is 42.5 Å². The number of hydrogen-bond donors (Lipinski definition) is 1. The van der Waals surface area contributed by atoms with Gasteiger partial charge in [-0.1, -0.05) is 35.9 Å². The van der Waals surface area contributed by atoms with Crippen molar-refractivity contribution in [2.75, 3.05) is 45.2 Å². The van der Waals surface area contributed by atoms with Gasteiger partial charge in [0.2, 0.25) is 5.91 Å². The summed E-state index contributed by atoms with van der Waals surface area (Å²) in [7, 11) is 1.61. The van der Waals surface area contributed by atoms with E-state index in [0.29, 0.717) is 12.2 Å². The van der Waals surface area contributed by atoms with Crippen LogP contribution in [0.25, 0.3) is 0 Å². The Hall–Kier alpha value is -2.08. The standard InChI is InChI=1S/C21H26ClN3O2/c1-27-20-8-3-2-7-19(20)23-21(26)9-10-24-11-13-25(14-12-24)16-17-5-4-6-18(22)15-17/h2-8,15H,9-14,16H2,1H3,(H,23,26). The van der Waals surface area contributed by atoms with Gasteiger partial charge in [0.15, 0.2) is 0 Å². The van der Waals surface area contributed by atoms with Crippen LogP contribution in [0, 0.1) is 0 Å². The molecule has 0 radical (unpaired) electrons. The minimum Gasteiger partial charge on any atom is -0.495 e. The largest absolute Gasteiger partial charge is 0.495 e. The molecule has 0 aromatic heterocycles. The van der Waals surface area contributed by atoms with Gasteiger partial charge in [0.05, 0.1) is 12.8 Å². The summed E-state index contributed by atoms with van der Waals surface area (Å²) in [6.07, 6.45) is 0.479. The predicted molar refractivity (Wildman–Crippen MR) is 109 cm³/mol. The Balaban J connectivity index is 1.39. The van der Waals surface area contributed by atoms with E-state index in [1.54, 1.807) is 7.11 Å². The Morgan fingerprint density at radius 3 is 2.56 bits per heavy atom. The smallest absolute Gasteiger partial charge is 0.225 e. The fourth-order valence-electron chi connectivity index (χ4n) is 3.28. The second kappa shape index (κ2) is 9.74. The molecule has 144 valence electrons. The second-order valence-corrected chi connectivity index (χ2v) is 7.18. The normalized spacial score (nSPS) is 15.5. The Labute approximate surface area is 165 Å². The van der Waals surface area contributed by atoms with Gasteiger partial charge < -0.3 is 15.0 Å². The Kier molecular flexibility index (Phi) is 7.10. The number of nitrogens with zero attached hydrogens (tertiary/aromatic N) is 2. The minimum absolute atomic E-state index is 0.0147. The van der Waals surface area contributed by atoms with Crippen LogP contribution in [0.1, 0.15) is 12.0 Å². The highest BCUT2D eigenvalue weighted by molar-refractivity contribution is 6.30. The van der Waals surface area contributed by atoms with E-state index in [0.717, 1.165) is 50.0 Å². The highest BCUT2D eigenvalue weighted by Gasteiger charge is 2.18. The molecule has 2 aromatic rings. The lowest BCUT2D eigenvalue weighted by Crippen LogP contribution is -2.46. The van der Waals surface area contributed by atoms with Gasteiger partial charge in [-0.3, -0.25) is 9.69 Å². The summed E-state index contributed by atoms with van der Waals surface area (Å²) < 4.78 is 5.27. The number of piperazine rings is 1. The van der Waals surface area contributed by atoms with E-state index in [9.17, 15) is 4.79 Å². The molecule has 1 aliphatic heterocycles. The maximum Gasteiger partial charge on any atom is 0.225 e. The molecular formula is C21H26ClN3O2.